The number of pyridine rings is 2. The number of fused-ring (bicyclic) bond motifs is 1. The summed E-state index contributed by atoms with van der Waals surface area (Å²) in [5.41, 5.74) is 0.812. The van der Waals surface area contributed by atoms with Gasteiger partial charge < -0.3 is 20.0 Å². The number of β-amino-alcohol motifs (C(OH)–C–C–N with tert-alkyl or cyclic N) is 1. The lowest BCUT2D eigenvalue weighted by molar-refractivity contribution is -0.137. The predicted molar refractivity (Wildman–Crippen MR) is 105 cm³/mol. The Balaban J connectivity index is 1.67. The molecule has 2 N–H and O–H groups in total. The van der Waals surface area contributed by atoms with Gasteiger partial charge in [-0.15, -0.1) is 0 Å². The number of hydrogen-bond acceptors (Lipinski definition) is 6. The molecule has 0 aliphatic carbocycles. The monoisotopic (exact) mass is 386 g/mol. The second-order valence-electron chi connectivity index (χ2n) is 7.47. The van der Waals surface area contributed by atoms with Crippen molar-refractivity contribution >= 4 is 28.5 Å². The average Bonchev–Trinajstić information content (AvgIpc) is 2.66. The predicted octanol–water partition coefficient (Wildman–Crippen LogP) is 1.67. The van der Waals surface area contributed by atoms with E-state index in [1.54, 1.807) is 25.6 Å². The van der Waals surface area contributed by atoms with Crippen LogP contribution < -0.4 is 4.90 Å². The maximum atomic E-state index is 12.3. The minimum Gasteiger partial charge on any atom is -0.481 e. The van der Waals surface area contributed by atoms with Gasteiger partial charge in [-0.05, 0) is 31.4 Å². The largest absolute Gasteiger partial charge is 0.481 e. The van der Waals surface area contributed by atoms with E-state index in [0.29, 0.717) is 19.4 Å². The first kappa shape index (κ1) is 20.0. The average molecular weight is 386 g/mol. The number of amides is 1. The number of hydrogen-bond donors (Lipinski definition) is 2. The number of rotatable bonds is 7. The Hall–Kier alpha value is -2.74. The summed E-state index contributed by atoms with van der Waals surface area (Å²) in [6.07, 6.45) is 7.10. The van der Waals surface area contributed by atoms with Gasteiger partial charge in [-0.1, -0.05) is 0 Å². The molecule has 2 aromatic rings. The lowest BCUT2D eigenvalue weighted by Gasteiger charge is -2.42. The Labute approximate surface area is 163 Å². The van der Waals surface area contributed by atoms with Crippen LogP contribution in [0.5, 0.6) is 0 Å². The second-order valence-corrected chi connectivity index (χ2v) is 7.47. The molecule has 8 heteroatoms. The number of nitrogens with zero attached hydrogens (tertiary/aromatic N) is 4. The molecule has 3 rings (SSSR count). The highest BCUT2D eigenvalue weighted by Crippen LogP contribution is 2.30. The molecule has 1 atom stereocenters. The lowest BCUT2D eigenvalue weighted by atomic mass is 9.91. The maximum Gasteiger partial charge on any atom is 0.303 e. The zero-order valence-corrected chi connectivity index (χ0v) is 16.0. The van der Waals surface area contributed by atoms with Gasteiger partial charge in [0.15, 0.2) is 0 Å². The first-order valence-electron chi connectivity index (χ1n) is 9.50. The number of carboxylic acid groups (broad SMARTS) is 1. The van der Waals surface area contributed by atoms with Gasteiger partial charge in [-0.3, -0.25) is 19.6 Å². The van der Waals surface area contributed by atoms with Gasteiger partial charge >= 0.3 is 5.97 Å². The number of piperidine rings is 1. The van der Waals surface area contributed by atoms with Crippen molar-refractivity contribution in [2.24, 2.45) is 0 Å². The molecule has 0 aromatic carbocycles. The third-order valence-corrected chi connectivity index (χ3v) is 5.15. The Morgan fingerprint density at radius 3 is 2.89 bits per heavy atom. The molecular weight excluding hydrogens is 360 g/mol. The molecule has 1 fully saturated rings. The number of carboxylic acids is 1. The van der Waals surface area contributed by atoms with Gasteiger partial charge in [0.25, 0.3) is 0 Å². The summed E-state index contributed by atoms with van der Waals surface area (Å²) in [5.74, 6) is -1.05. The van der Waals surface area contributed by atoms with Crippen LogP contribution in [0.1, 0.15) is 32.1 Å². The minimum atomic E-state index is -1.02. The first-order chi connectivity index (χ1) is 13.4. The number of aliphatic carboxylic acids is 1. The molecular formula is C20H26N4O4. The number of carbonyl (C=O) groups is 2. The van der Waals surface area contributed by atoms with Gasteiger partial charge in [-0.25, -0.2) is 0 Å². The third kappa shape index (κ3) is 4.75. The van der Waals surface area contributed by atoms with E-state index in [2.05, 4.69) is 14.9 Å². The van der Waals surface area contributed by atoms with E-state index in [9.17, 15) is 14.7 Å². The van der Waals surface area contributed by atoms with Crippen LogP contribution in [0.25, 0.3) is 10.9 Å². The summed E-state index contributed by atoms with van der Waals surface area (Å²) in [7, 11) is 1.66. The van der Waals surface area contributed by atoms with Crippen molar-refractivity contribution in [2.45, 2.75) is 37.7 Å². The smallest absolute Gasteiger partial charge is 0.303 e. The van der Waals surface area contributed by atoms with E-state index < -0.39 is 11.6 Å². The SMILES string of the molecule is CN(C[C@]1(O)CCCN(c2ccnc3ccncc23)C1)C(=O)CCCC(=O)O. The molecule has 150 valence electrons. The third-order valence-electron chi connectivity index (χ3n) is 5.15. The van der Waals surface area contributed by atoms with Crippen LogP contribution in [0.4, 0.5) is 5.69 Å². The Morgan fingerprint density at radius 1 is 1.29 bits per heavy atom. The van der Waals surface area contributed by atoms with Gasteiger partial charge in [-0.2, -0.15) is 0 Å². The summed E-state index contributed by atoms with van der Waals surface area (Å²) in [6.45, 7) is 1.44. The maximum absolute atomic E-state index is 12.3. The minimum absolute atomic E-state index is 0.0270. The molecule has 3 heterocycles. The van der Waals surface area contributed by atoms with E-state index >= 15 is 0 Å². The summed E-state index contributed by atoms with van der Waals surface area (Å²) < 4.78 is 0. The molecule has 0 bridgehead atoms. The van der Waals surface area contributed by atoms with Crippen molar-refractivity contribution in [1.82, 2.24) is 14.9 Å². The first-order valence-corrected chi connectivity index (χ1v) is 9.50. The van der Waals surface area contributed by atoms with E-state index in [1.165, 1.54) is 4.90 Å². The number of likely N-dealkylation sites (N-methyl/N-ethyl adjacent to an activating group) is 1. The Bertz CT molecular complexity index is 854. The highest BCUT2D eigenvalue weighted by molar-refractivity contribution is 5.90. The van der Waals surface area contributed by atoms with Crippen LogP contribution in [-0.2, 0) is 9.59 Å². The zero-order valence-electron chi connectivity index (χ0n) is 16.0. The molecule has 0 saturated carbocycles. The van der Waals surface area contributed by atoms with Gasteiger partial charge in [0.2, 0.25) is 5.91 Å². The van der Waals surface area contributed by atoms with E-state index in [4.69, 9.17) is 5.11 Å². The summed E-state index contributed by atoms with van der Waals surface area (Å²) in [5, 5.41) is 20.8. The van der Waals surface area contributed by atoms with E-state index in [-0.39, 0.29) is 25.3 Å². The number of anilines is 1. The van der Waals surface area contributed by atoms with Crippen molar-refractivity contribution in [3.05, 3.63) is 30.7 Å². The molecule has 0 spiro atoms. The van der Waals surface area contributed by atoms with Crippen LogP contribution in [0, 0.1) is 0 Å². The highest BCUT2D eigenvalue weighted by Gasteiger charge is 2.35. The molecule has 1 saturated heterocycles. The molecule has 1 amide bonds. The van der Waals surface area contributed by atoms with Crippen molar-refractivity contribution in [3.63, 3.8) is 0 Å². The van der Waals surface area contributed by atoms with Crippen LogP contribution in [0.3, 0.4) is 0 Å². The molecule has 2 aromatic heterocycles. The number of aliphatic hydroxyl groups is 1. The second kappa shape index (κ2) is 8.52. The molecule has 28 heavy (non-hydrogen) atoms. The van der Waals surface area contributed by atoms with Crippen LogP contribution >= 0.6 is 0 Å². The standard InChI is InChI=1S/C20H26N4O4/c1-23(18(25)4-2-5-19(26)27)13-20(28)8-3-11-24(14-20)17-7-10-22-16-6-9-21-12-15(16)17/h6-7,9-10,12,28H,2-5,8,11,13-14H2,1H3,(H,26,27)/t20-/m1/s1. The molecule has 1 aliphatic rings. The van der Waals surface area contributed by atoms with Gasteiger partial charge in [0.1, 0.15) is 0 Å². The molecule has 0 unspecified atom stereocenters. The number of aromatic nitrogens is 2. The van der Waals surface area contributed by atoms with Crippen molar-refractivity contribution in [1.29, 1.82) is 0 Å². The molecule has 1 aliphatic heterocycles. The van der Waals surface area contributed by atoms with Crippen molar-refractivity contribution in [2.75, 3.05) is 31.6 Å². The normalized spacial score (nSPS) is 19.6. The quantitative estimate of drug-likeness (QED) is 0.745. The zero-order chi connectivity index (χ0) is 20.1. The van der Waals surface area contributed by atoms with Crippen molar-refractivity contribution in [3.8, 4) is 0 Å². The fourth-order valence-corrected chi connectivity index (χ4v) is 3.81. The number of carbonyl (C=O) groups excluding carboxylic acids is 1. The summed E-state index contributed by atoms with van der Waals surface area (Å²) >= 11 is 0. The highest BCUT2D eigenvalue weighted by atomic mass is 16.4. The summed E-state index contributed by atoms with van der Waals surface area (Å²) in [6, 6.07) is 3.79. The van der Waals surface area contributed by atoms with Crippen LogP contribution in [-0.4, -0.2) is 69.2 Å². The summed E-state index contributed by atoms with van der Waals surface area (Å²) in [4.78, 5) is 35.1. The fourth-order valence-electron chi connectivity index (χ4n) is 3.81. The molecule has 0 radical (unpaired) electrons. The fraction of sp³-hybridized carbons (Fsp3) is 0.500. The van der Waals surface area contributed by atoms with Gasteiger partial charge in [0, 0.05) is 62.6 Å². The van der Waals surface area contributed by atoms with Gasteiger partial charge in [0.05, 0.1) is 17.7 Å². The van der Waals surface area contributed by atoms with E-state index in [0.717, 1.165) is 29.6 Å². The molecule has 8 nitrogen and oxygen atoms in total. The van der Waals surface area contributed by atoms with Crippen LogP contribution in [0.15, 0.2) is 30.7 Å². The lowest BCUT2D eigenvalue weighted by Crippen LogP contribution is -2.54. The Kier molecular flexibility index (Phi) is 6.08. The topological polar surface area (TPSA) is 107 Å². The van der Waals surface area contributed by atoms with Crippen molar-refractivity contribution < 1.29 is 19.8 Å². The Morgan fingerprint density at radius 2 is 2.11 bits per heavy atom. The van der Waals surface area contributed by atoms with Crippen LogP contribution in [0.2, 0.25) is 0 Å². The van der Waals surface area contributed by atoms with E-state index in [1.807, 2.05) is 12.1 Å².